The Morgan fingerprint density at radius 2 is 1.97 bits per heavy atom. The monoisotopic (exact) mass is 500 g/mol. The normalized spacial score (nSPS) is 20.9. The Morgan fingerprint density at radius 3 is 2.64 bits per heavy atom. The average Bonchev–Trinajstić information content (AvgIpc) is 3.45. The molecule has 2 saturated heterocycles. The summed E-state index contributed by atoms with van der Waals surface area (Å²) in [6, 6.07) is 1.12. The molecule has 2 fully saturated rings. The number of amides is 1. The number of hydrogen-bond acceptors (Lipinski definition) is 7. The number of carbonyl (C=O) groups excluding carboxylic acids is 1. The first-order valence-electron chi connectivity index (χ1n) is 12.2. The van der Waals surface area contributed by atoms with Crippen molar-refractivity contribution in [1.82, 2.24) is 9.88 Å². The van der Waals surface area contributed by atoms with Crippen LogP contribution in [-0.4, -0.2) is 78.5 Å². The van der Waals surface area contributed by atoms with Crippen LogP contribution in [0.2, 0.25) is 0 Å². The van der Waals surface area contributed by atoms with Crippen molar-refractivity contribution in [3.8, 4) is 11.1 Å². The van der Waals surface area contributed by atoms with Crippen LogP contribution in [0.3, 0.4) is 0 Å². The third-order valence-corrected chi connectivity index (χ3v) is 7.38. The van der Waals surface area contributed by atoms with E-state index in [-0.39, 0.29) is 29.2 Å². The highest BCUT2D eigenvalue weighted by atomic mass is 19.2. The summed E-state index contributed by atoms with van der Waals surface area (Å²) in [5.74, 6) is -1.75. The first-order chi connectivity index (χ1) is 16.9. The quantitative estimate of drug-likeness (QED) is 0.533. The summed E-state index contributed by atoms with van der Waals surface area (Å²) in [5.41, 5.74) is 1.34. The Morgan fingerprint density at radius 1 is 1.25 bits per heavy atom. The number of halogens is 2. The lowest BCUT2D eigenvalue weighted by atomic mass is 9.78. The molecular weight excluding hydrogens is 469 g/mol. The van der Waals surface area contributed by atoms with Crippen molar-refractivity contribution in [3.63, 3.8) is 0 Å². The molecule has 0 spiro atoms. The summed E-state index contributed by atoms with van der Waals surface area (Å²) < 4.78 is 36.0. The van der Waals surface area contributed by atoms with Gasteiger partial charge in [-0.25, -0.2) is 13.6 Å². The van der Waals surface area contributed by atoms with Gasteiger partial charge in [-0.05, 0) is 45.7 Å². The van der Waals surface area contributed by atoms with Gasteiger partial charge < -0.3 is 24.6 Å². The second-order valence-corrected chi connectivity index (χ2v) is 11.0. The molecule has 1 aromatic heterocycles. The Hall–Kier alpha value is -2.76. The van der Waals surface area contributed by atoms with Crippen molar-refractivity contribution in [1.29, 1.82) is 0 Å². The average molecular weight is 500 g/mol. The lowest BCUT2D eigenvalue weighted by Gasteiger charge is -2.31. The van der Waals surface area contributed by atoms with E-state index in [2.05, 4.69) is 14.8 Å². The van der Waals surface area contributed by atoms with E-state index < -0.39 is 30.4 Å². The number of anilines is 2. The van der Waals surface area contributed by atoms with Gasteiger partial charge in [0, 0.05) is 73.7 Å². The largest absolute Gasteiger partial charge is 0.492 e. The van der Waals surface area contributed by atoms with Crippen LogP contribution in [0.4, 0.5) is 25.0 Å². The number of benzene rings is 1. The van der Waals surface area contributed by atoms with E-state index in [4.69, 9.17) is 4.74 Å². The summed E-state index contributed by atoms with van der Waals surface area (Å²) in [7, 11) is 1.67. The number of likely N-dealkylation sites (N-methyl/N-ethyl adjacent to an activating group) is 1. The molecule has 2 aliphatic heterocycles. The van der Waals surface area contributed by atoms with Gasteiger partial charge in [0.1, 0.15) is 5.60 Å². The van der Waals surface area contributed by atoms with Crippen LogP contribution in [0.25, 0.3) is 11.1 Å². The molecule has 1 aliphatic carbocycles. The van der Waals surface area contributed by atoms with Gasteiger partial charge in [-0.15, -0.1) is 0 Å². The number of carbonyl (C=O) groups is 1. The van der Waals surface area contributed by atoms with E-state index in [1.54, 1.807) is 20.8 Å². The molecule has 1 aromatic carbocycles. The topological polar surface area (TPSA) is 89.4 Å². The van der Waals surface area contributed by atoms with E-state index >= 15 is 8.78 Å². The Balaban J connectivity index is 1.68. The van der Waals surface area contributed by atoms with Crippen LogP contribution < -0.4 is 15.3 Å². The molecule has 0 bridgehead atoms. The maximum atomic E-state index is 15.5. The van der Waals surface area contributed by atoms with Crippen LogP contribution in [0.1, 0.15) is 38.4 Å². The number of aromatic nitrogens is 1. The zero-order chi connectivity index (χ0) is 26.1. The molecular formula is C25H31BF2N4O4. The van der Waals surface area contributed by atoms with Crippen molar-refractivity contribution in [2.75, 3.05) is 43.5 Å². The molecule has 2 atom stereocenters. The first kappa shape index (κ1) is 24.9. The molecule has 5 rings (SSSR count). The van der Waals surface area contributed by atoms with Crippen molar-refractivity contribution in [2.45, 2.75) is 45.3 Å². The minimum Gasteiger partial charge on any atom is -0.443 e. The van der Waals surface area contributed by atoms with Crippen LogP contribution >= 0.6 is 0 Å². The summed E-state index contributed by atoms with van der Waals surface area (Å²) in [4.78, 5) is 22.7. The van der Waals surface area contributed by atoms with E-state index in [1.165, 1.54) is 18.1 Å². The zero-order valence-electron chi connectivity index (χ0n) is 21.2. The van der Waals surface area contributed by atoms with Gasteiger partial charge in [0.15, 0.2) is 11.6 Å². The second-order valence-electron chi connectivity index (χ2n) is 11.0. The summed E-state index contributed by atoms with van der Waals surface area (Å²) in [6.07, 6.45) is 1.80. The van der Waals surface area contributed by atoms with Gasteiger partial charge in [-0.3, -0.25) is 9.88 Å². The minimum absolute atomic E-state index is 0.00945. The standard InChI is InChI=1S/C25H31BF2N4O4/c1-25(2,3)36-24(33)31(5)18-9-16(27)22(28)20-14(18)8-17-21(20)23(15(10-29-17)26(34)35)32-7-6-13-11-30(4)12-19(13)32/h9-10,13,19,34-35H,6-8,11-12H2,1-5H3/t13-,19?/m0/s1. The fourth-order valence-corrected chi connectivity index (χ4v) is 5.88. The molecule has 192 valence electrons. The number of ether oxygens (including phenoxy) is 1. The van der Waals surface area contributed by atoms with Gasteiger partial charge in [0.2, 0.25) is 0 Å². The van der Waals surface area contributed by atoms with Gasteiger partial charge in [-0.1, -0.05) is 0 Å². The maximum absolute atomic E-state index is 15.5. The molecule has 0 saturated carbocycles. The lowest BCUT2D eigenvalue weighted by Crippen LogP contribution is -2.42. The second kappa shape index (κ2) is 8.67. The molecule has 1 unspecified atom stereocenters. The predicted molar refractivity (Wildman–Crippen MR) is 134 cm³/mol. The van der Waals surface area contributed by atoms with E-state index in [0.29, 0.717) is 35.0 Å². The van der Waals surface area contributed by atoms with Crippen LogP contribution in [-0.2, 0) is 11.2 Å². The number of pyridine rings is 1. The molecule has 11 heteroatoms. The summed E-state index contributed by atoms with van der Waals surface area (Å²) in [5, 5.41) is 20.5. The molecule has 1 amide bonds. The molecule has 3 heterocycles. The van der Waals surface area contributed by atoms with Crippen LogP contribution in [0, 0.1) is 17.6 Å². The number of nitrogens with zero attached hydrogens (tertiary/aromatic N) is 4. The lowest BCUT2D eigenvalue weighted by molar-refractivity contribution is 0.0589. The number of hydrogen-bond donors (Lipinski definition) is 2. The Bertz CT molecular complexity index is 1240. The van der Waals surface area contributed by atoms with Gasteiger partial charge in [0.25, 0.3) is 0 Å². The zero-order valence-corrected chi connectivity index (χ0v) is 21.2. The molecule has 36 heavy (non-hydrogen) atoms. The molecule has 2 N–H and O–H groups in total. The van der Waals surface area contributed by atoms with Gasteiger partial charge in [-0.2, -0.15) is 0 Å². The minimum atomic E-state index is -1.83. The highest BCUT2D eigenvalue weighted by Crippen LogP contribution is 2.49. The molecule has 0 radical (unpaired) electrons. The van der Waals surface area contributed by atoms with Crippen molar-refractivity contribution in [2.24, 2.45) is 5.92 Å². The number of likely N-dealkylation sites (tertiary alicyclic amines) is 1. The third kappa shape index (κ3) is 4.03. The number of rotatable bonds is 3. The maximum Gasteiger partial charge on any atom is 0.492 e. The van der Waals surface area contributed by atoms with Gasteiger partial charge in [0.05, 0.1) is 11.4 Å². The van der Waals surface area contributed by atoms with Crippen LogP contribution in [0.15, 0.2) is 12.3 Å². The summed E-state index contributed by atoms with van der Waals surface area (Å²) in [6.45, 7) is 7.56. The molecule has 8 nitrogen and oxygen atoms in total. The van der Waals surface area contributed by atoms with Crippen LogP contribution in [0.5, 0.6) is 0 Å². The van der Waals surface area contributed by atoms with Crippen molar-refractivity contribution in [3.05, 3.63) is 35.2 Å². The van der Waals surface area contributed by atoms with E-state index in [9.17, 15) is 14.8 Å². The number of fused-ring (bicyclic) bond motifs is 4. The smallest absolute Gasteiger partial charge is 0.443 e. The fraction of sp³-hybridized carbons (Fsp3) is 0.520. The predicted octanol–water partition coefficient (Wildman–Crippen LogP) is 2.12. The Kier molecular flexibility index (Phi) is 6.00. The SMILES string of the molecule is CN1CC2[C@@H](CCN2c2c(B(O)O)cnc3c2-c2c(F)c(F)cc(N(C)C(=O)OC(C)(C)C)c2C3)C1. The summed E-state index contributed by atoms with van der Waals surface area (Å²) >= 11 is 0. The van der Waals surface area contributed by atoms with Gasteiger partial charge >= 0.3 is 13.2 Å². The van der Waals surface area contributed by atoms with E-state index in [1.807, 2.05) is 7.05 Å². The Labute approximate surface area is 209 Å². The first-order valence-corrected chi connectivity index (χ1v) is 12.2. The molecule has 2 aromatic rings. The van der Waals surface area contributed by atoms with E-state index in [0.717, 1.165) is 25.6 Å². The van der Waals surface area contributed by atoms with Crippen molar-refractivity contribution < 1.29 is 28.4 Å². The fourth-order valence-electron chi connectivity index (χ4n) is 5.88. The molecule has 3 aliphatic rings. The van der Waals surface area contributed by atoms with Crippen molar-refractivity contribution >= 4 is 30.0 Å². The third-order valence-electron chi connectivity index (χ3n) is 7.38. The highest BCUT2D eigenvalue weighted by Gasteiger charge is 2.44. The highest BCUT2D eigenvalue weighted by molar-refractivity contribution is 6.61.